The van der Waals surface area contributed by atoms with Crippen molar-refractivity contribution >= 4 is 28.2 Å². The van der Waals surface area contributed by atoms with Gasteiger partial charge >= 0.3 is 0 Å². The highest BCUT2D eigenvalue weighted by Gasteiger charge is 2.28. The lowest BCUT2D eigenvalue weighted by Gasteiger charge is -2.31. The average Bonchev–Trinajstić information content (AvgIpc) is 3.44. The smallest absolute Gasteiger partial charge is 0.278 e. The van der Waals surface area contributed by atoms with Gasteiger partial charge in [-0.2, -0.15) is 0 Å². The molecule has 1 aliphatic heterocycles. The first-order chi connectivity index (χ1) is 17.2. The number of ether oxygens (including phenoxy) is 1. The van der Waals surface area contributed by atoms with Crippen molar-refractivity contribution in [1.82, 2.24) is 24.9 Å². The number of hydrogen-bond donors (Lipinski definition) is 0. The normalized spacial score (nSPS) is 21.0. The number of benzene rings is 1. The van der Waals surface area contributed by atoms with Crippen molar-refractivity contribution in [2.75, 3.05) is 19.7 Å². The number of thiazole rings is 1. The maximum Gasteiger partial charge on any atom is 0.278 e. The third kappa shape index (κ3) is 5.91. The summed E-state index contributed by atoms with van der Waals surface area (Å²) in [4.78, 5) is 21.1. The Labute approximate surface area is 213 Å². The SMILES string of the molecule is Cn1nnc2cccc(C(=O)CC3CCC(CCN4CCc5sc(OCC(C)(F)F)nc5C4)CC3)c21. The molecule has 0 N–H and O–H groups in total. The van der Waals surface area contributed by atoms with E-state index in [-0.39, 0.29) is 5.78 Å². The Hall–Kier alpha value is -2.46. The summed E-state index contributed by atoms with van der Waals surface area (Å²) in [6.07, 6.45) is 7.13. The number of rotatable bonds is 9. The Morgan fingerprint density at radius 1 is 1.22 bits per heavy atom. The molecule has 7 nitrogen and oxygen atoms in total. The van der Waals surface area contributed by atoms with Crippen LogP contribution >= 0.6 is 11.3 Å². The van der Waals surface area contributed by atoms with Gasteiger partial charge in [0.1, 0.15) is 5.52 Å². The Balaban J connectivity index is 1.06. The Bertz CT molecular complexity index is 1210. The summed E-state index contributed by atoms with van der Waals surface area (Å²) in [5, 5.41) is 8.54. The average molecular weight is 518 g/mol. The van der Waals surface area contributed by atoms with Crippen molar-refractivity contribution in [1.29, 1.82) is 0 Å². The molecule has 0 saturated heterocycles. The fourth-order valence-electron chi connectivity index (χ4n) is 5.47. The predicted octanol–water partition coefficient (Wildman–Crippen LogP) is 5.29. The predicted molar refractivity (Wildman–Crippen MR) is 135 cm³/mol. The second kappa shape index (κ2) is 10.5. The van der Waals surface area contributed by atoms with Crippen LogP contribution in [0.2, 0.25) is 0 Å². The third-order valence-corrected chi connectivity index (χ3v) is 8.53. The number of carbonyl (C=O) groups excluding carboxylic acids is 1. The summed E-state index contributed by atoms with van der Waals surface area (Å²) in [6.45, 7) is 2.97. The van der Waals surface area contributed by atoms with E-state index < -0.39 is 12.5 Å². The van der Waals surface area contributed by atoms with Crippen LogP contribution in [0, 0.1) is 11.8 Å². The number of fused-ring (bicyclic) bond motifs is 2. The second-order valence-electron chi connectivity index (χ2n) is 10.4. The molecule has 1 fully saturated rings. The summed E-state index contributed by atoms with van der Waals surface area (Å²) in [5.74, 6) is -1.54. The summed E-state index contributed by atoms with van der Waals surface area (Å²) in [6, 6.07) is 5.66. The van der Waals surface area contributed by atoms with Crippen LogP contribution in [0.15, 0.2) is 18.2 Å². The summed E-state index contributed by atoms with van der Waals surface area (Å²) < 4.78 is 33.0. The van der Waals surface area contributed by atoms with E-state index >= 15 is 0 Å². The molecule has 0 spiro atoms. The summed E-state index contributed by atoms with van der Waals surface area (Å²) in [7, 11) is 1.83. The quantitative estimate of drug-likeness (QED) is 0.359. The van der Waals surface area contributed by atoms with Crippen molar-refractivity contribution in [2.24, 2.45) is 18.9 Å². The largest absolute Gasteiger partial charge is 0.464 e. The zero-order chi connectivity index (χ0) is 25.3. The minimum Gasteiger partial charge on any atom is -0.464 e. The second-order valence-corrected chi connectivity index (χ2v) is 11.5. The number of Topliss-reactive ketones (excluding diaryl/α,β-unsaturated/α-hetero) is 1. The molecule has 2 aromatic heterocycles. The van der Waals surface area contributed by atoms with Crippen LogP contribution in [0.1, 0.15) is 66.4 Å². The van der Waals surface area contributed by atoms with Gasteiger partial charge in [0.25, 0.3) is 11.1 Å². The van der Waals surface area contributed by atoms with E-state index in [9.17, 15) is 13.6 Å². The van der Waals surface area contributed by atoms with Crippen LogP contribution in [0.3, 0.4) is 0 Å². The Kier molecular flexibility index (Phi) is 7.35. The lowest BCUT2D eigenvalue weighted by atomic mass is 9.78. The molecule has 2 aliphatic rings. The molecule has 3 heterocycles. The van der Waals surface area contributed by atoms with Gasteiger partial charge in [-0.05, 0) is 56.2 Å². The first-order valence-corrected chi connectivity index (χ1v) is 13.6. The highest BCUT2D eigenvalue weighted by Crippen LogP contribution is 2.35. The van der Waals surface area contributed by atoms with Crippen molar-refractivity contribution < 1.29 is 18.3 Å². The summed E-state index contributed by atoms with van der Waals surface area (Å²) >= 11 is 1.40. The van der Waals surface area contributed by atoms with Crippen LogP contribution < -0.4 is 4.74 Å². The molecule has 36 heavy (non-hydrogen) atoms. The van der Waals surface area contributed by atoms with Crippen LogP contribution in [0.4, 0.5) is 8.78 Å². The van der Waals surface area contributed by atoms with E-state index in [1.807, 2.05) is 25.2 Å². The molecule has 5 rings (SSSR count). The fourth-order valence-corrected chi connectivity index (χ4v) is 6.37. The number of alkyl halides is 2. The van der Waals surface area contributed by atoms with Gasteiger partial charge in [-0.25, -0.2) is 18.4 Å². The molecular formula is C26H33F2N5O2S. The zero-order valence-electron chi connectivity index (χ0n) is 20.9. The van der Waals surface area contributed by atoms with Gasteiger partial charge in [0.15, 0.2) is 12.4 Å². The zero-order valence-corrected chi connectivity index (χ0v) is 21.7. The van der Waals surface area contributed by atoms with Crippen LogP contribution in [-0.2, 0) is 20.0 Å². The van der Waals surface area contributed by atoms with Crippen molar-refractivity contribution in [3.05, 3.63) is 34.3 Å². The molecule has 1 aliphatic carbocycles. The molecule has 3 aromatic rings. The minimum atomic E-state index is -2.85. The highest BCUT2D eigenvalue weighted by molar-refractivity contribution is 7.13. The molecule has 0 radical (unpaired) electrons. The van der Waals surface area contributed by atoms with Crippen molar-refractivity contribution in [3.63, 3.8) is 0 Å². The molecule has 194 valence electrons. The lowest BCUT2D eigenvalue weighted by Crippen LogP contribution is -2.32. The number of carbonyl (C=O) groups is 1. The van der Waals surface area contributed by atoms with Gasteiger partial charge in [-0.15, -0.1) is 5.10 Å². The van der Waals surface area contributed by atoms with Crippen LogP contribution in [0.25, 0.3) is 11.0 Å². The van der Waals surface area contributed by atoms with E-state index in [2.05, 4.69) is 20.2 Å². The van der Waals surface area contributed by atoms with Gasteiger partial charge in [0, 0.05) is 43.9 Å². The van der Waals surface area contributed by atoms with Gasteiger partial charge in [-0.1, -0.05) is 35.5 Å². The van der Waals surface area contributed by atoms with Gasteiger partial charge < -0.3 is 4.74 Å². The van der Waals surface area contributed by atoms with E-state index in [0.717, 1.165) is 92.3 Å². The van der Waals surface area contributed by atoms with Crippen molar-refractivity contribution in [3.8, 4) is 5.19 Å². The monoisotopic (exact) mass is 517 g/mol. The van der Waals surface area contributed by atoms with Gasteiger partial charge in [0.05, 0.1) is 11.2 Å². The lowest BCUT2D eigenvalue weighted by molar-refractivity contribution is -0.0230. The number of hydrogen-bond acceptors (Lipinski definition) is 7. The number of aromatic nitrogens is 4. The third-order valence-electron chi connectivity index (χ3n) is 7.46. The van der Waals surface area contributed by atoms with Gasteiger partial charge in [0.2, 0.25) is 0 Å². The Morgan fingerprint density at radius 2 is 2.00 bits per heavy atom. The standard InChI is InChI=1S/C26H33F2N5O2S/c1-26(27,28)16-35-25-29-21-15-33(13-11-23(21)36-25)12-10-17-6-8-18(9-7-17)14-22(34)19-4-3-5-20-24(19)32(2)31-30-20/h3-5,17-18H,6-16H2,1-2H3. The van der Waals surface area contributed by atoms with Crippen LogP contribution in [0.5, 0.6) is 5.19 Å². The molecule has 1 saturated carbocycles. The molecule has 0 unspecified atom stereocenters. The topological polar surface area (TPSA) is 73.1 Å². The number of halogens is 2. The first-order valence-electron chi connectivity index (χ1n) is 12.8. The number of para-hydroxylation sites is 1. The first kappa shape index (κ1) is 25.2. The van der Waals surface area contributed by atoms with E-state index in [1.165, 1.54) is 11.3 Å². The van der Waals surface area contributed by atoms with Crippen LogP contribution in [-0.4, -0.2) is 56.3 Å². The Morgan fingerprint density at radius 3 is 2.78 bits per heavy atom. The number of aryl methyl sites for hydroxylation is 1. The molecule has 0 atom stereocenters. The van der Waals surface area contributed by atoms with Gasteiger partial charge in [-0.3, -0.25) is 9.69 Å². The molecule has 10 heteroatoms. The molecular weight excluding hydrogens is 484 g/mol. The van der Waals surface area contributed by atoms with E-state index in [0.29, 0.717) is 23.5 Å². The highest BCUT2D eigenvalue weighted by atomic mass is 32.1. The number of ketones is 1. The maximum absolute atomic E-state index is 13.1. The van der Waals surface area contributed by atoms with Crippen molar-refractivity contribution in [2.45, 2.75) is 64.3 Å². The van der Waals surface area contributed by atoms with E-state index in [4.69, 9.17) is 4.74 Å². The molecule has 0 amide bonds. The molecule has 1 aromatic carbocycles. The van der Waals surface area contributed by atoms with E-state index in [1.54, 1.807) is 4.68 Å². The maximum atomic E-state index is 13.1. The minimum absolute atomic E-state index is 0.188. The fraction of sp³-hybridized carbons (Fsp3) is 0.615. The number of nitrogens with zero attached hydrogens (tertiary/aromatic N) is 5. The summed E-state index contributed by atoms with van der Waals surface area (Å²) in [5.41, 5.74) is 3.29. The molecule has 0 bridgehead atoms.